The fourth-order valence-corrected chi connectivity index (χ4v) is 3.30. The molecule has 1 aliphatic heterocycles. The number of hydrogen-bond donors (Lipinski definition) is 0. The Bertz CT molecular complexity index is 1290. The van der Waals surface area contributed by atoms with Crippen LogP contribution in [0.15, 0.2) is 56.5 Å². The standard InChI is InChI=1S/C20H15N5O5/c1-28-14-5-2-4-11-8-13(20(27)29-15(11)14)19(26)25-9-12(10-25)18-23-17(24-30-18)16-21-6-3-7-22-16/h2-8,12H,9-10H2,1H3. The molecule has 0 radical (unpaired) electrons. The summed E-state index contributed by atoms with van der Waals surface area (Å²) < 4.78 is 15.8. The van der Waals surface area contributed by atoms with Crippen LogP contribution in [0.5, 0.6) is 5.75 Å². The summed E-state index contributed by atoms with van der Waals surface area (Å²) in [4.78, 5) is 39.2. The number of aromatic nitrogens is 4. The molecule has 5 rings (SSSR count). The second-order valence-corrected chi connectivity index (χ2v) is 6.76. The van der Waals surface area contributed by atoms with Crippen molar-refractivity contribution in [1.29, 1.82) is 0 Å². The fourth-order valence-electron chi connectivity index (χ4n) is 3.30. The van der Waals surface area contributed by atoms with Crippen molar-refractivity contribution in [2.45, 2.75) is 5.92 Å². The molecule has 1 fully saturated rings. The summed E-state index contributed by atoms with van der Waals surface area (Å²) in [5, 5.41) is 4.50. The van der Waals surface area contributed by atoms with Gasteiger partial charge in [0.25, 0.3) is 5.91 Å². The third kappa shape index (κ3) is 2.98. The molecule has 3 aromatic heterocycles. The largest absolute Gasteiger partial charge is 0.493 e. The van der Waals surface area contributed by atoms with Crippen molar-refractivity contribution in [3.63, 3.8) is 0 Å². The van der Waals surface area contributed by atoms with E-state index in [0.717, 1.165) is 0 Å². The molecule has 0 spiro atoms. The third-order valence-corrected chi connectivity index (χ3v) is 4.90. The smallest absolute Gasteiger partial charge is 0.349 e. The Morgan fingerprint density at radius 1 is 1.17 bits per heavy atom. The molecule has 0 atom stereocenters. The Morgan fingerprint density at radius 2 is 1.97 bits per heavy atom. The van der Waals surface area contributed by atoms with E-state index < -0.39 is 11.5 Å². The second kappa shape index (κ2) is 7.07. The summed E-state index contributed by atoms with van der Waals surface area (Å²) in [5.41, 5.74) is -0.426. The first kappa shape index (κ1) is 18.0. The predicted octanol–water partition coefficient (Wildman–Crippen LogP) is 1.88. The molecular formula is C20H15N5O5. The monoisotopic (exact) mass is 405 g/mol. The molecule has 0 bridgehead atoms. The molecular weight excluding hydrogens is 390 g/mol. The topological polar surface area (TPSA) is 124 Å². The number of benzene rings is 1. The molecule has 4 aromatic rings. The first-order valence-electron chi connectivity index (χ1n) is 9.15. The van der Waals surface area contributed by atoms with Crippen LogP contribution in [0, 0.1) is 0 Å². The minimum absolute atomic E-state index is 0.0295. The molecule has 1 amide bonds. The van der Waals surface area contributed by atoms with Crippen molar-refractivity contribution in [3.8, 4) is 17.4 Å². The van der Waals surface area contributed by atoms with Gasteiger partial charge >= 0.3 is 5.63 Å². The third-order valence-electron chi connectivity index (χ3n) is 4.90. The molecule has 150 valence electrons. The first-order valence-corrected chi connectivity index (χ1v) is 9.15. The number of hydrogen-bond acceptors (Lipinski definition) is 9. The Labute approximate surface area is 169 Å². The SMILES string of the molecule is COc1cccc2cc(C(=O)N3CC(c4nc(-c5ncccn5)no4)C3)c(=O)oc12. The zero-order valence-corrected chi connectivity index (χ0v) is 15.8. The molecule has 0 aliphatic carbocycles. The summed E-state index contributed by atoms with van der Waals surface area (Å²) in [6.45, 7) is 0.706. The van der Waals surface area contributed by atoms with E-state index in [1.54, 1.807) is 36.7 Å². The molecule has 0 unspecified atom stereocenters. The minimum Gasteiger partial charge on any atom is -0.493 e. The fraction of sp³-hybridized carbons (Fsp3) is 0.200. The molecule has 1 saturated heterocycles. The summed E-state index contributed by atoms with van der Waals surface area (Å²) in [7, 11) is 1.49. The van der Waals surface area contributed by atoms with Gasteiger partial charge in [0.2, 0.25) is 17.5 Å². The normalized spacial score (nSPS) is 14.0. The van der Waals surface area contributed by atoms with Crippen LogP contribution in [0.25, 0.3) is 22.6 Å². The van der Waals surface area contributed by atoms with Crippen LogP contribution in [0.4, 0.5) is 0 Å². The number of amides is 1. The number of para-hydroxylation sites is 1. The van der Waals surface area contributed by atoms with Gasteiger partial charge < -0.3 is 18.6 Å². The van der Waals surface area contributed by atoms with Gasteiger partial charge in [0.1, 0.15) is 5.56 Å². The van der Waals surface area contributed by atoms with Crippen molar-refractivity contribution < 1.29 is 18.5 Å². The van der Waals surface area contributed by atoms with Crippen molar-refractivity contribution in [2.75, 3.05) is 20.2 Å². The molecule has 1 aromatic carbocycles. The molecule has 1 aliphatic rings. The highest BCUT2D eigenvalue weighted by atomic mass is 16.5. The maximum Gasteiger partial charge on any atom is 0.349 e. The van der Waals surface area contributed by atoms with E-state index in [4.69, 9.17) is 13.7 Å². The van der Waals surface area contributed by atoms with Gasteiger partial charge in [-0.2, -0.15) is 4.98 Å². The number of nitrogens with zero attached hydrogens (tertiary/aromatic N) is 5. The highest BCUT2D eigenvalue weighted by molar-refractivity contribution is 5.97. The maximum atomic E-state index is 12.8. The van der Waals surface area contributed by atoms with Gasteiger partial charge in [0.15, 0.2) is 11.3 Å². The number of likely N-dealkylation sites (tertiary alicyclic amines) is 1. The van der Waals surface area contributed by atoms with Crippen LogP contribution < -0.4 is 10.4 Å². The Morgan fingerprint density at radius 3 is 2.73 bits per heavy atom. The van der Waals surface area contributed by atoms with Crippen molar-refractivity contribution in [3.05, 3.63) is 64.6 Å². The van der Waals surface area contributed by atoms with Gasteiger partial charge in [0, 0.05) is 30.9 Å². The number of rotatable bonds is 4. The van der Waals surface area contributed by atoms with Crippen LogP contribution in [-0.4, -0.2) is 51.1 Å². The van der Waals surface area contributed by atoms with Gasteiger partial charge in [-0.1, -0.05) is 17.3 Å². The van der Waals surface area contributed by atoms with Crippen LogP contribution in [0.3, 0.4) is 0 Å². The second-order valence-electron chi connectivity index (χ2n) is 6.76. The van der Waals surface area contributed by atoms with E-state index in [0.29, 0.717) is 47.3 Å². The van der Waals surface area contributed by atoms with Crippen molar-refractivity contribution in [1.82, 2.24) is 25.0 Å². The van der Waals surface area contributed by atoms with Crippen molar-refractivity contribution in [2.24, 2.45) is 0 Å². The van der Waals surface area contributed by atoms with Crippen LogP contribution in [0.1, 0.15) is 22.2 Å². The molecule has 10 nitrogen and oxygen atoms in total. The van der Waals surface area contributed by atoms with E-state index in [-0.39, 0.29) is 11.5 Å². The van der Waals surface area contributed by atoms with Gasteiger partial charge in [-0.15, -0.1) is 0 Å². The first-order chi connectivity index (χ1) is 14.6. The van der Waals surface area contributed by atoms with Gasteiger partial charge in [-0.25, -0.2) is 14.8 Å². The quantitative estimate of drug-likeness (QED) is 0.468. The van der Waals surface area contributed by atoms with Gasteiger partial charge in [-0.05, 0) is 18.2 Å². The molecule has 10 heteroatoms. The average Bonchev–Trinajstić information content (AvgIpc) is 3.22. The number of fused-ring (bicyclic) bond motifs is 1. The summed E-state index contributed by atoms with van der Waals surface area (Å²) in [6, 6.07) is 8.42. The summed E-state index contributed by atoms with van der Waals surface area (Å²) >= 11 is 0. The average molecular weight is 405 g/mol. The van der Waals surface area contributed by atoms with Crippen LogP contribution in [0.2, 0.25) is 0 Å². The predicted molar refractivity (Wildman–Crippen MR) is 103 cm³/mol. The molecule has 4 heterocycles. The summed E-state index contributed by atoms with van der Waals surface area (Å²) in [6.07, 6.45) is 3.18. The van der Waals surface area contributed by atoms with E-state index in [1.165, 1.54) is 18.1 Å². The van der Waals surface area contributed by atoms with E-state index in [2.05, 4.69) is 20.1 Å². The lowest BCUT2D eigenvalue weighted by Crippen LogP contribution is -2.49. The lowest BCUT2D eigenvalue weighted by Gasteiger charge is -2.36. The Hall–Kier alpha value is -4.08. The van der Waals surface area contributed by atoms with Crippen LogP contribution in [-0.2, 0) is 0 Å². The zero-order valence-electron chi connectivity index (χ0n) is 15.8. The lowest BCUT2D eigenvalue weighted by atomic mass is 9.99. The summed E-state index contributed by atoms with van der Waals surface area (Å²) in [5.74, 6) is 0.963. The highest BCUT2D eigenvalue weighted by Gasteiger charge is 2.37. The van der Waals surface area contributed by atoms with Gasteiger partial charge in [-0.3, -0.25) is 4.79 Å². The molecule has 0 N–H and O–H groups in total. The minimum atomic E-state index is -0.707. The number of ether oxygens (including phenoxy) is 1. The highest BCUT2D eigenvalue weighted by Crippen LogP contribution is 2.29. The Balaban J connectivity index is 1.33. The lowest BCUT2D eigenvalue weighted by molar-refractivity contribution is 0.0565. The number of methoxy groups -OCH3 is 1. The molecule has 30 heavy (non-hydrogen) atoms. The van der Waals surface area contributed by atoms with E-state index >= 15 is 0 Å². The number of carbonyl (C=O) groups excluding carboxylic acids is 1. The number of carbonyl (C=O) groups is 1. The van der Waals surface area contributed by atoms with Crippen LogP contribution >= 0.6 is 0 Å². The van der Waals surface area contributed by atoms with E-state index in [9.17, 15) is 9.59 Å². The van der Waals surface area contributed by atoms with E-state index in [1.807, 2.05) is 0 Å². The molecule has 0 saturated carbocycles. The van der Waals surface area contributed by atoms with Gasteiger partial charge in [0.05, 0.1) is 13.0 Å². The van der Waals surface area contributed by atoms with Crippen molar-refractivity contribution >= 4 is 16.9 Å². The Kier molecular flexibility index (Phi) is 4.24. The maximum absolute atomic E-state index is 12.8. The zero-order chi connectivity index (χ0) is 20.7.